The van der Waals surface area contributed by atoms with E-state index in [4.69, 9.17) is 0 Å². The van der Waals surface area contributed by atoms with Crippen molar-refractivity contribution in [2.45, 2.75) is 39.0 Å². The topological polar surface area (TPSA) is 12.4 Å². The van der Waals surface area contributed by atoms with Gasteiger partial charge in [0.15, 0.2) is 0 Å². The summed E-state index contributed by atoms with van der Waals surface area (Å²) < 4.78 is 0. The molecule has 0 bridgehead atoms. The molecule has 1 aliphatic carbocycles. The Morgan fingerprint density at radius 3 is 2.30 bits per heavy atom. The van der Waals surface area contributed by atoms with Gasteiger partial charge in [-0.3, -0.25) is 4.99 Å². The van der Waals surface area contributed by atoms with Crippen molar-refractivity contribution in [3.05, 3.63) is 0 Å². The Kier molecular flexibility index (Phi) is 2.91. The first-order valence-corrected chi connectivity index (χ1v) is 4.28. The highest BCUT2D eigenvalue weighted by atomic mass is 14.7. The van der Waals surface area contributed by atoms with E-state index >= 15 is 0 Å². The third-order valence-corrected chi connectivity index (χ3v) is 2.55. The highest BCUT2D eigenvalue weighted by Gasteiger charge is 2.14. The quantitative estimate of drug-likeness (QED) is 0.495. The Bertz CT molecular complexity index is 121. The largest absolute Gasteiger partial charge is 0.297 e. The van der Waals surface area contributed by atoms with Gasteiger partial charge in [0.05, 0.1) is 0 Å². The normalized spacial score (nSPS) is 23.2. The third-order valence-electron chi connectivity index (χ3n) is 2.55. The Morgan fingerprint density at radius 2 is 1.80 bits per heavy atom. The van der Waals surface area contributed by atoms with E-state index in [-0.39, 0.29) is 0 Å². The van der Waals surface area contributed by atoms with Crippen molar-refractivity contribution in [2.24, 2.45) is 10.9 Å². The number of hydrogen-bond acceptors (Lipinski definition) is 1. The minimum absolute atomic E-state index is 0.818. The highest BCUT2D eigenvalue weighted by molar-refractivity contribution is 5.84. The molecule has 10 heavy (non-hydrogen) atoms. The molecule has 0 unspecified atom stereocenters. The van der Waals surface area contributed by atoms with Crippen LogP contribution in [-0.4, -0.2) is 12.8 Å². The summed E-state index contributed by atoms with van der Waals surface area (Å²) in [5.41, 5.74) is 1.36. The van der Waals surface area contributed by atoms with E-state index in [1.165, 1.54) is 37.8 Å². The van der Waals surface area contributed by atoms with Crippen molar-refractivity contribution < 1.29 is 0 Å². The standard InChI is InChI=1S/C9H17N/c1-8(10-2)9-6-4-3-5-7-9/h9H,3-7H2,1-2H3. The van der Waals surface area contributed by atoms with Gasteiger partial charge in [0.1, 0.15) is 0 Å². The van der Waals surface area contributed by atoms with Crippen LogP contribution in [0.4, 0.5) is 0 Å². The molecular weight excluding hydrogens is 122 g/mol. The maximum absolute atomic E-state index is 4.23. The highest BCUT2D eigenvalue weighted by Crippen LogP contribution is 2.24. The molecule has 1 fully saturated rings. The van der Waals surface area contributed by atoms with Gasteiger partial charge in [0.2, 0.25) is 0 Å². The zero-order chi connectivity index (χ0) is 7.40. The molecule has 1 heteroatoms. The van der Waals surface area contributed by atoms with Gasteiger partial charge in [-0.25, -0.2) is 0 Å². The van der Waals surface area contributed by atoms with E-state index in [0.29, 0.717) is 0 Å². The molecular formula is C9H17N. The SMILES string of the molecule is CN=C(C)C1CCCCC1. The van der Waals surface area contributed by atoms with Gasteiger partial charge in [-0.2, -0.15) is 0 Å². The van der Waals surface area contributed by atoms with Crippen LogP contribution in [0.25, 0.3) is 0 Å². The summed E-state index contributed by atoms with van der Waals surface area (Å²) in [5, 5.41) is 0. The predicted molar refractivity (Wildman–Crippen MR) is 45.6 cm³/mol. The van der Waals surface area contributed by atoms with Crippen LogP contribution in [0.5, 0.6) is 0 Å². The number of rotatable bonds is 1. The van der Waals surface area contributed by atoms with E-state index in [9.17, 15) is 0 Å². The van der Waals surface area contributed by atoms with Crippen molar-refractivity contribution in [1.82, 2.24) is 0 Å². The van der Waals surface area contributed by atoms with Crippen LogP contribution in [0, 0.1) is 5.92 Å². The summed E-state index contributed by atoms with van der Waals surface area (Å²) in [6.45, 7) is 2.16. The molecule has 0 saturated heterocycles. The fourth-order valence-corrected chi connectivity index (χ4v) is 1.70. The zero-order valence-corrected chi connectivity index (χ0v) is 7.06. The van der Waals surface area contributed by atoms with Crippen molar-refractivity contribution in [2.75, 3.05) is 7.05 Å². The Labute approximate surface area is 63.5 Å². The molecule has 1 rings (SSSR count). The summed E-state index contributed by atoms with van der Waals surface area (Å²) in [4.78, 5) is 4.23. The molecule has 0 aromatic rings. The van der Waals surface area contributed by atoms with E-state index in [1.807, 2.05) is 7.05 Å². The van der Waals surface area contributed by atoms with Crippen LogP contribution in [0.3, 0.4) is 0 Å². The molecule has 0 aliphatic heterocycles. The van der Waals surface area contributed by atoms with Gasteiger partial charge in [0.25, 0.3) is 0 Å². The molecule has 1 saturated carbocycles. The van der Waals surface area contributed by atoms with Crippen LogP contribution >= 0.6 is 0 Å². The molecule has 58 valence electrons. The molecule has 0 radical (unpaired) electrons. The summed E-state index contributed by atoms with van der Waals surface area (Å²) in [6.07, 6.45) is 7.02. The molecule has 0 spiro atoms. The number of nitrogens with zero attached hydrogens (tertiary/aromatic N) is 1. The maximum Gasteiger partial charge on any atom is 0.0276 e. The van der Waals surface area contributed by atoms with E-state index in [0.717, 1.165) is 5.92 Å². The lowest BCUT2D eigenvalue weighted by Crippen LogP contribution is -2.14. The van der Waals surface area contributed by atoms with Gasteiger partial charge < -0.3 is 0 Å². The van der Waals surface area contributed by atoms with Gasteiger partial charge in [-0.05, 0) is 25.7 Å². The lowest BCUT2D eigenvalue weighted by Gasteiger charge is -2.20. The summed E-state index contributed by atoms with van der Waals surface area (Å²) in [6, 6.07) is 0. The smallest absolute Gasteiger partial charge is 0.0276 e. The molecule has 1 aliphatic rings. The van der Waals surface area contributed by atoms with E-state index < -0.39 is 0 Å². The van der Waals surface area contributed by atoms with E-state index in [1.54, 1.807) is 0 Å². The van der Waals surface area contributed by atoms with Crippen molar-refractivity contribution in [1.29, 1.82) is 0 Å². The molecule has 0 amide bonds. The van der Waals surface area contributed by atoms with Gasteiger partial charge in [-0.15, -0.1) is 0 Å². The number of hydrogen-bond donors (Lipinski definition) is 0. The molecule has 1 nitrogen and oxygen atoms in total. The first-order chi connectivity index (χ1) is 4.84. The molecule has 0 atom stereocenters. The predicted octanol–water partition coefficient (Wildman–Crippen LogP) is 2.66. The summed E-state index contributed by atoms with van der Waals surface area (Å²) in [5.74, 6) is 0.818. The second-order valence-electron chi connectivity index (χ2n) is 3.20. The lowest BCUT2D eigenvalue weighted by molar-refractivity contribution is 0.438. The second-order valence-corrected chi connectivity index (χ2v) is 3.20. The molecule has 0 aromatic carbocycles. The Hall–Kier alpha value is -0.330. The van der Waals surface area contributed by atoms with Gasteiger partial charge in [-0.1, -0.05) is 19.3 Å². The van der Waals surface area contributed by atoms with Crippen LogP contribution in [0.15, 0.2) is 4.99 Å². The first kappa shape index (κ1) is 7.77. The lowest BCUT2D eigenvalue weighted by atomic mass is 9.86. The number of aliphatic imine (C=N–C) groups is 1. The second kappa shape index (κ2) is 3.75. The molecule has 0 N–H and O–H groups in total. The average Bonchev–Trinajstić information content (AvgIpc) is 2.05. The first-order valence-electron chi connectivity index (χ1n) is 4.28. The Morgan fingerprint density at radius 1 is 1.20 bits per heavy atom. The van der Waals surface area contributed by atoms with Crippen LogP contribution < -0.4 is 0 Å². The fraction of sp³-hybridized carbons (Fsp3) is 0.889. The minimum atomic E-state index is 0.818. The fourth-order valence-electron chi connectivity index (χ4n) is 1.70. The van der Waals surface area contributed by atoms with Crippen LogP contribution in [0.1, 0.15) is 39.0 Å². The van der Waals surface area contributed by atoms with Crippen molar-refractivity contribution in [3.8, 4) is 0 Å². The van der Waals surface area contributed by atoms with Crippen molar-refractivity contribution >= 4 is 5.71 Å². The van der Waals surface area contributed by atoms with Crippen molar-refractivity contribution in [3.63, 3.8) is 0 Å². The Balaban J connectivity index is 2.39. The molecule has 0 heterocycles. The zero-order valence-electron chi connectivity index (χ0n) is 7.06. The summed E-state index contributed by atoms with van der Waals surface area (Å²) >= 11 is 0. The van der Waals surface area contributed by atoms with Crippen LogP contribution in [-0.2, 0) is 0 Å². The average molecular weight is 139 g/mol. The van der Waals surface area contributed by atoms with Crippen LogP contribution in [0.2, 0.25) is 0 Å². The maximum atomic E-state index is 4.23. The third kappa shape index (κ3) is 1.83. The summed E-state index contributed by atoms with van der Waals surface area (Å²) in [7, 11) is 1.91. The van der Waals surface area contributed by atoms with Gasteiger partial charge >= 0.3 is 0 Å². The monoisotopic (exact) mass is 139 g/mol. The van der Waals surface area contributed by atoms with Gasteiger partial charge in [0, 0.05) is 12.8 Å². The molecule has 0 aromatic heterocycles. The minimum Gasteiger partial charge on any atom is -0.297 e. The van der Waals surface area contributed by atoms with E-state index in [2.05, 4.69) is 11.9 Å².